The normalized spacial score (nSPS) is 9.89. The molecule has 0 amide bonds. The van der Waals surface area contributed by atoms with E-state index >= 15 is 0 Å². The minimum atomic E-state index is -0.0336. The van der Waals surface area contributed by atoms with Gasteiger partial charge in [-0.1, -0.05) is 29.8 Å². The van der Waals surface area contributed by atoms with Crippen molar-refractivity contribution in [1.82, 2.24) is 4.57 Å². The SMILES string of the molecule is CCn1c(-c2ccc(O)cc2C)[c-]ccc1=O.[Y]. The zero-order chi connectivity index (χ0) is 12.4. The molecule has 1 N–H and O–H groups in total. The molecule has 0 saturated heterocycles. The van der Waals surface area contributed by atoms with Crippen LogP contribution in [0.1, 0.15) is 12.5 Å². The second-order valence-corrected chi connectivity index (χ2v) is 3.91. The van der Waals surface area contributed by atoms with E-state index in [9.17, 15) is 9.90 Å². The van der Waals surface area contributed by atoms with Crippen LogP contribution in [0.4, 0.5) is 0 Å². The van der Waals surface area contributed by atoms with Crippen LogP contribution >= 0.6 is 0 Å². The minimum absolute atomic E-state index is 0. The number of benzene rings is 1. The Morgan fingerprint density at radius 2 is 2.06 bits per heavy atom. The molecule has 2 rings (SSSR count). The first-order valence-electron chi connectivity index (χ1n) is 5.55. The summed E-state index contributed by atoms with van der Waals surface area (Å²) in [6.07, 6.45) is 0. The van der Waals surface area contributed by atoms with Crippen LogP contribution < -0.4 is 5.56 Å². The number of hydrogen-bond acceptors (Lipinski definition) is 2. The number of phenolic OH excluding ortho intramolecular Hbond substituents is 1. The van der Waals surface area contributed by atoms with E-state index in [4.69, 9.17) is 0 Å². The summed E-state index contributed by atoms with van der Waals surface area (Å²) in [5, 5.41) is 9.39. The summed E-state index contributed by atoms with van der Waals surface area (Å²) < 4.78 is 1.67. The molecule has 0 aliphatic rings. The van der Waals surface area contributed by atoms with Gasteiger partial charge in [-0.3, -0.25) is 4.79 Å². The number of nitrogens with zero attached hydrogens (tertiary/aromatic N) is 1. The molecule has 18 heavy (non-hydrogen) atoms. The maximum Gasteiger partial charge on any atom is 0.194 e. The van der Waals surface area contributed by atoms with Gasteiger partial charge >= 0.3 is 0 Å². The van der Waals surface area contributed by atoms with E-state index in [1.54, 1.807) is 22.8 Å². The fraction of sp³-hybridized carbons (Fsp3) is 0.214. The Bertz CT molecular complexity index is 605. The molecule has 0 fully saturated rings. The van der Waals surface area contributed by atoms with E-state index in [-0.39, 0.29) is 44.0 Å². The molecule has 0 bridgehead atoms. The van der Waals surface area contributed by atoms with Gasteiger partial charge in [-0.15, -0.1) is 6.07 Å². The van der Waals surface area contributed by atoms with E-state index in [0.717, 1.165) is 16.8 Å². The van der Waals surface area contributed by atoms with Gasteiger partial charge in [0.15, 0.2) is 5.56 Å². The molecule has 1 radical (unpaired) electrons. The van der Waals surface area contributed by atoms with Crippen LogP contribution in [0.15, 0.2) is 35.1 Å². The number of pyridine rings is 1. The van der Waals surface area contributed by atoms with E-state index < -0.39 is 0 Å². The van der Waals surface area contributed by atoms with Crippen molar-refractivity contribution in [3.8, 4) is 17.0 Å². The van der Waals surface area contributed by atoms with Gasteiger partial charge in [0.05, 0.1) is 0 Å². The molecule has 0 unspecified atom stereocenters. The summed E-state index contributed by atoms with van der Waals surface area (Å²) in [6.45, 7) is 4.43. The minimum Gasteiger partial charge on any atom is -0.508 e. The zero-order valence-electron chi connectivity index (χ0n) is 10.5. The molecule has 1 heterocycles. The second-order valence-electron chi connectivity index (χ2n) is 3.91. The van der Waals surface area contributed by atoms with Crippen LogP contribution in [0.25, 0.3) is 11.3 Å². The Hall–Kier alpha value is -0.926. The van der Waals surface area contributed by atoms with Crippen molar-refractivity contribution in [3.05, 3.63) is 52.3 Å². The molecular weight excluding hydrogens is 303 g/mol. The van der Waals surface area contributed by atoms with E-state index in [1.165, 1.54) is 6.07 Å². The Morgan fingerprint density at radius 1 is 1.33 bits per heavy atom. The van der Waals surface area contributed by atoms with Crippen LogP contribution in [0.2, 0.25) is 0 Å². The molecule has 0 aliphatic carbocycles. The van der Waals surface area contributed by atoms with Gasteiger partial charge in [0, 0.05) is 39.3 Å². The monoisotopic (exact) mass is 317 g/mol. The van der Waals surface area contributed by atoms with Gasteiger partial charge in [-0.25, -0.2) is 0 Å². The van der Waals surface area contributed by atoms with E-state index in [0.29, 0.717) is 6.54 Å². The van der Waals surface area contributed by atoms with Gasteiger partial charge in [-0.05, 0) is 19.1 Å². The van der Waals surface area contributed by atoms with Crippen LogP contribution in [-0.4, -0.2) is 9.67 Å². The fourth-order valence-electron chi connectivity index (χ4n) is 1.92. The Kier molecular flexibility index (Phi) is 5.30. The number of rotatable bonds is 2. The number of hydrogen-bond donors (Lipinski definition) is 1. The van der Waals surface area contributed by atoms with Crippen LogP contribution in [0, 0.1) is 13.0 Å². The third-order valence-corrected chi connectivity index (χ3v) is 2.76. The van der Waals surface area contributed by atoms with Crippen molar-refractivity contribution in [2.24, 2.45) is 0 Å². The summed E-state index contributed by atoms with van der Waals surface area (Å²) in [7, 11) is 0. The summed E-state index contributed by atoms with van der Waals surface area (Å²) in [5.41, 5.74) is 2.57. The van der Waals surface area contributed by atoms with Gasteiger partial charge in [0.2, 0.25) is 0 Å². The van der Waals surface area contributed by atoms with Crippen molar-refractivity contribution < 1.29 is 37.8 Å². The molecule has 91 valence electrons. The summed E-state index contributed by atoms with van der Waals surface area (Å²) in [5.74, 6) is 0.229. The summed E-state index contributed by atoms with van der Waals surface area (Å²) in [4.78, 5) is 11.7. The first-order chi connectivity index (χ1) is 8.13. The van der Waals surface area contributed by atoms with Crippen molar-refractivity contribution in [1.29, 1.82) is 0 Å². The number of aryl methyl sites for hydroxylation is 1. The zero-order valence-corrected chi connectivity index (χ0v) is 13.3. The van der Waals surface area contributed by atoms with Crippen LogP contribution in [0.5, 0.6) is 5.75 Å². The van der Waals surface area contributed by atoms with Crippen LogP contribution in [0.3, 0.4) is 0 Å². The largest absolute Gasteiger partial charge is 0.508 e. The maximum atomic E-state index is 11.7. The predicted molar refractivity (Wildman–Crippen MR) is 67.0 cm³/mol. The topological polar surface area (TPSA) is 42.2 Å². The molecule has 0 atom stereocenters. The van der Waals surface area contributed by atoms with Crippen molar-refractivity contribution >= 4 is 0 Å². The Morgan fingerprint density at radius 3 is 2.67 bits per heavy atom. The predicted octanol–water partition coefficient (Wildman–Crippen LogP) is 2.35. The van der Waals surface area contributed by atoms with Gasteiger partial charge < -0.3 is 9.67 Å². The summed E-state index contributed by atoms with van der Waals surface area (Å²) >= 11 is 0. The molecule has 0 aliphatic heterocycles. The first kappa shape index (κ1) is 15.1. The molecule has 4 heteroatoms. The number of aromatic hydroxyl groups is 1. The first-order valence-corrected chi connectivity index (χ1v) is 5.55. The summed E-state index contributed by atoms with van der Waals surface area (Å²) in [6, 6.07) is 11.3. The fourth-order valence-corrected chi connectivity index (χ4v) is 1.92. The van der Waals surface area contributed by atoms with Gasteiger partial charge in [0.1, 0.15) is 5.75 Å². The van der Waals surface area contributed by atoms with Crippen molar-refractivity contribution in [2.75, 3.05) is 0 Å². The Labute approximate surface area is 131 Å². The number of phenols is 1. The van der Waals surface area contributed by atoms with Crippen LogP contribution in [-0.2, 0) is 39.3 Å². The molecular formula is C14H14NO2Y-. The Balaban J connectivity index is 0.00000162. The second kappa shape index (κ2) is 6.30. The smallest absolute Gasteiger partial charge is 0.194 e. The van der Waals surface area contributed by atoms with Gasteiger partial charge in [0.25, 0.3) is 0 Å². The van der Waals surface area contributed by atoms with Crippen molar-refractivity contribution in [3.63, 3.8) is 0 Å². The standard InChI is InChI=1S/C14H14NO2.Y/c1-3-15-13(5-4-6-14(15)17)12-8-7-11(16)9-10(12)2;/h4,6-9,16H,3H2,1-2H3;/q-1;. The van der Waals surface area contributed by atoms with E-state index in [2.05, 4.69) is 6.07 Å². The average molecular weight is 317 g/mol. The molecule has 1 aromatic carbocycles. The molecule has 0 spiro atoms. The van der Waals surface area contributed by atoms with Gasteiger partial charge in [-0.2, -0.15) is 12.1 Å². The third-order valence-electron chi connectivity index (χ3n) is 2.76. The quantitative estimate of drug-likeness (QED) is 0.864. The van der Waals surface area contributed by atoms with E-state index in [1.807, 2.05) is 19.9 Å². The molecule has 3 nitrogen and oxygen atoms in total. The molecule has 2 aromatic rings. The average Bonchev–Trinajstić information content (AvgIpc) is 2.29. The maximum absolute atomic E-state index is 11.7. The number of aromatic nitrogens is 1. The molecule has 0 saturated carbocycles. The van der Waals surface area contributed by atoms with Crippen molar-refractivity contribution in [2.45, 2.75) is 20.4 Å². The molecule has 1 aromatic heterocycles. The third kappa shape index (κ3) is 2.90.